The quantitative estimate of drug-likeness (QED) is 0.580. The Morgan fingerprint density at radius 2 is 2.14 bits per heavy atom. The Morgan fingerprint density at radius 3 is 2.82 bits per heavy atom. The average Bonchev–Trinajstić information content (AvgIpc) is 2.69. The number of carbonyl (C=O) groups excluding carboxylic acids is 3. The average molecular weight is 347 g/mol. The van der Waals surface area contributed by atoms with Gasteiger partial charge in [-0.2, -0.15) is 0 Å². The summed E-state index contributed by atoms with van der Waals surface area (Å²) in [4.78, 5) is 35.4. The number of ketones is 3. The van der Waals surface area contributed by atoms with E-state index >= 15 is 0 Å². The van der Waals surface area contributed by atoms with Crippen LogP contribution in [0.2, 0.25) is 0 Å². The van der Waals surface area contributed by atoms with E-state index in [1.807, 2.05) is 7.05 Å². The molecule has 0 aromatic carbocycles. The highest BCUT2D eigenvalue weighted by Crippen LogP contribution is 2.30. The molecule has 2 atom stereocenters. The zero-order valence-electron chi connectivity index (χ0n) is 13.4. The molecule has 0 aromatic rings. The molecule has 2 N–H and O–H groups in total. The Bertz CT molecular complexity index is 391. The second-order valence-corrected chi connectivity index (χ2v) is 8.13. The maximum absolute atomic E-state index is 12.0. The first-order valence-electron chi connectivity index (χ1n) is 7.71. The topological polar surface area (TPSA) is 75.3 Å². The number of carbonyl (C=O) groups is 3. The van der Waals surface area contributed by atoms with Crippen molar-refractivity contribution in [3.8, 4) is 0 Å². The Hall–Kier alpha value is -0.370. The zero-order valence-corrected chi connectivity index (χ0v) is 15.0. The molecule has 0 amide bonds. The van der Waals surface area contributed by atoms with Gasteiger partial charge in [-0.1, -0.05) is 21.6 Å². The van der Waals surface area contributed by atoms with E-state index in [0.29, 0.717) is 25.0 Å². The lowest BCUT2D eigenvalue weighted by atomic mass is 9.95. The fourth-order valence-electron chi connectivity index (χ4n) is 2.33. The van der Waals surface area contributed by atoms with Crippen molar-refractivity contribution < 1.29 is 14.4 Å². The van der Waals surface area contributed by atoms with Crippen LogP contribution >= 0.6 is 21.6 Å². The summed E-state index contributed by atoms with van der Waals surface area (Å²) in [6.07, 6.45) is 2.60. The van der Waals surface area contributed by atoms with Gasteiger partial charge in [0.15, 0.2) is 0 Å². The SMILES string of the molecule is CNCC[C@H](NCC(=O)CC[C@H]1CCSSCC1=O)C(C)=O. The number of nitrogens with one attached hydrogen (secondary N) is 2. The molecule has 0 radical (unpaired) electrons. The van der Waals surface area contributed by atoms with E-state index < -0.39 is 0 Å². The standard InChI is InChI=1S/C15H26N2O3S2/c1-11(18)14(5-7-16-2)17-9-13(19)4-3-12-6-8-21-22-10-15(12)20/h12,14,16-17H,3-10H2,1-2H3/t12-,14-/m0/s1. The lowest BCUT2D eigenvalue weighted by Gasteiger charge is -2.16. The first-order valence-corrected chi connectivity index (χ1v) is 10.2. The van der Waals surface area contributed by atoms with Crippen molar-refractivity contribution in [3.05, 3.63) is 0 Å². The van der Waals surface area contributed by atoms with Gasteiger partial charge in [-0.25, -0.2) is 0 Å². The van der Waals surface area contributed by atoms with Crippen LogP contribution in [-0.4, -0.2) is 55.0 Å². The van der Waals surface area contributed by atoms with Crippen molar-refractivity contribution in [2.45, 2.75) is 38.6 Å². The molecule has 1 fully saturated rings. The van der Waals surface area contributed by atoms with Gasteiger partial charge in [0, 0.05) is 18.1 Å². The first kappa shape index (κ1) is 19.7. The molecule has 5 nitrogen and oxygen atoms in total. The molecule has 7 heteroatoms. The Balaban J connectivity index is 2.29. The van der Waals surface area contributed by atoms with Gasteiger partial charge in [0.1, 0.15) is 17.3 Å². The van der Waals surface area contributed by atoms with Crippen LogP contribution in [0.25, 0.3) is 0 Å². The maximum Gasteiger partial charge on any atom is 0.146 e. The highest BCUT2D eigenvalue weighted by atomic mass is 33.1. The molecule has 22 heavy (non-hydrogen) atoms. The van der Waals surface area contributed by atoms with Gasteiger partial charge in [0.25, 0.3) is 0 Å². The minimum Gasteiger partial charge on any atom is -0.320 e. The third-order valence-corrected chi connectivity index (χ3v) is 6.11. The van der Waals surface area contributed by atoms with Crippen LogP contribution in [-0.2, 0) is 14.4 Å². The van der Waals surface area contributed by atoms with Crippen LogP contribution in [0.15, 0.2) is 0 Å². The Kier molecular flexibility index (Phi) is 10.0. The molecule has 0 aliphatic carbocycles. The number of hydrogen-bond acceptors (Lipinski definition) is 7. The van der Waals surface area contributed by atoms with Crippen LogP contribution in [0.5, 0.6) is 0 Å². The third kappa shape index (κ3) is 7.76. The Labute approximate surface area is 140 Å². The fourth-order valence-corrected chi connectivity index (χ4v) is 4.51. The largest absolute Gasteiger partial charge is 0.320 e. The monoisotopic (exact) mass is 346 g/mol. The minimum absolute atomic E-state index is 0.0272. The fraction of sp³-hybridized carbons (Fsp3) is 0.800. The predicted octanol–water partition coefficient (Wildman–Crippen LogP) is 1.46. The molecule has 126 valence electrons. The van der Waals surface area contributed by atoms with Gasteiger partial charge < -0.3 is 10.6 Å². The summed E-state index contributed by atoms with van der Waals surface area (Å²) in [6.45, 7) is 2.48. The molecule has 1 saturated heterocycles. The van der Waals surface area contributed by atoms with Crippen LogP contribution in [0.4, 0.5) is 0 Å². The van der Waals surface area contributed by atoms with Gasteiger partial charge in [-0.3, -0.25) is 14.4 Å². The van der Waals surface area contributed by atoms with Crippen molar-refractivity contribution in [3.63, 3.8) is 0 Å². The molecular formula is C15H26N2O3S2. The van der Waals surface area contributed by atoms with E-state index in [4.69, 9.17) is 0 Å². The maximum atomic E-state index is 12.0. The number of rotatable bonds is 10. The van der Waals surface area contributed by atoms with Gasteiger partial charge in [0.2, 0.25) is 0 Å². The first-order chi connectivity index (χ1) is 10.5. The van der Waals surface area contributed by atoms with E-state index in [1.165, 1.54) is 6.92 Å². The second-order valence-electron chi connectivity index (χ2n) is 5.55. The van der Waals surface area contributed by atoms with Gasteiger partial charge in [-0.15, -0.1) is 0 Å². The van der Waals surface area contributed by atoms with Crippen LogP contribution in [0.3, 0.4) is 0 Å². The molecule has 0 saturated carbocycles. The smallest absolute Gasteiger partial charge is 0.146 e. The normalized spacial score (nSPS) is 20.5. The van der Waals surface area contributed by atoms with Gasteiger partial charge in [0.05, 0.1) is 18.3 Å². The predicted molar refractivity (Wildman–Crippen MR) is 93.3 cm³/mol. The van der Waals surface area contributed by atoms with Crippen molar-refractivity contribution in [2.24, 2.45) is 5.92 Å². The molecule has 1 heterocycles. The molecular weight excluding hydrogens is 320 g/mol. The summed E-state index contributed by atoms with van der Waals surface area (Å²) in [7, 11) is 5.19. The molecule has 0 aromatic heterocycles. The van der Waals surface area contributed by atoms with Crippen molar-refractivity contribution in [1.29, 1.82) is 0 Å². The van der Waals surface area contributed by atoms with E-state index in [0.717, 1.165) is 18.7 Å². The highest BCUT2D eigenvalue weighted by Gasteiger charge is 2.22. The van der Waals surface area contributed by atoms with E-state index in [-0.39, 0.29) is 35.9 Å². The van der Waals surface area contributed by atoms with Crippen molar-refractivity contribution in [2.75, 3.05) is 31.6 Å². The lowest BCUT2D eigenvalue weighted by molar-refractivity contribution is -0.121. The highest BCUT2D eigenvalue weighted by molar-refractivity contribution is 8.76. The van der Waals surface area contributed by atoms with E-state index in [2.05, 4.69) is 10.6 Å². The van der Waals surface area contributed by atoms with E-state index in [1.54, 1.807) is 21.6 Å². The van der Waals surface area contributed by atoms with Crippen molar-refractivity contribution in [1.82, 2.24) is 10.6 Å². The molecule has 0 spiro atoms. The van der Waals surface area contributed by atoms with Crippen LogP contribution in [0.1, 0.15) is 32.6 Å². The summed E-state index contributed by atoms with van der Waals surface area (Å²) in [5, 5.41) is 6.03. The third-order valence-electron chi connectivity index (χ3n) is 3.78. The second kappa shape index (κ2) is 11.2. The summed E-state index contributed by atoms with van der Waals surface area (Å²) >= 11 is 0. The number of Topliss-reactive ketones (excluding diaryl/α,β-unsaturated/α-hetero) is 3. The van der Waals surface area contributed by atoms with Gasteiger partial charge >= 0.3 is 0 Å². The van der Waals surface area contributed by atoms with E-state index in [9.17, 15) is 14.4 Å². The molecule has 1 aliphatic heterocycles. The summed E-state index contributed by atoms with van der Waals surface area (Å²) in [5.41, 5.74) is 0. The molecule has 0 unspecified atom stereocenters. The molecule has 1 aliphatic rings. The number of hydrogen-bond donors (Lipinski definition) is 2. The minimum atomic E-state index is -0.274. The van der Waals surface area contributed by atoms with Crippen LogP contribution in [0, 0.1) is 5.92 Å². The zero-order chi connectivity index (χ0) is 16.4. The Morgan fingerprint density at radius 1 is 1.36 bits per heavy atom. The summed E-state index contributed by atoms with van der Waals surface area (Å²) < 4.78 is 0. The van der Waals surface area contributed by atoms with Crippen molar-refractivity contribution >= 4 is 38.9 Å². The summed E-state index contributed by atoms with van der Waals surface area (Å²) in [5.74, 6) is 1.96. The van der Waals surface area contributed by atoms with Crippen LogP contribution < -0.4 is 10.6 Å². The summed E-state index contributed by atoms with van der Waals surface area (Å²) in [6, 6.07) is -0.274. The molecule has 1 rings (SSSR count). The molecule has 0 bridgehead atoms. The lowest BCUT2D eigenvalue weighted by Crippen LogP contribution is -2.40. The van der Waals surface area contributed by atoms with Gasteiger partial charge in [-0.05, 0) is 39.8 Å².